The predicted molar refractivity (Wildman–Crippen MR) is 86.0 cm³/mol. The quantitative estimate of drug-likeness (QED) is 0.763. The molecule has 0 heterocycles. The van der Waals surface area contributed by atoms with E-state index in [1.54, 1.807) is 0 Å². The third-order valence-electron chi connectivity index (χ3n) is 3.64. The van der Waals surface area contributed by atoms with Crippen LogP contribution in [0.2, 0.25) is 0 Å². The highest BCUT2D eigenvalue weighted by Gasteiger charge is 2.07. The zero-order chi connectivity index (χ0) is 15.1. The van der Waals surface area contributed by atoms with Crippen LogP contribution in [0, 0.1) is 0 Å². The van der Waals surface area contributed by atoms with Crippen molar-refractivity contribution in [1.82, 2.24) is 0 Å². The monoisotopic (exact) mass is 284 g/mol. The first kappa shape index (κ1) is 15.7. The van der Waals surface area contributed by atoms with Crippen LogP contribution in [0.1, 0.15) is 48.8 Å². The van der Waals surface area contributed by atoms with E-state index in [2.05, 4.69) is 38.1 Å². The lowest BCUT2D eigenvalue weighted by molar-refractivity contribution is -0.111. The molecule has 0 amide bonds. The van der Waals surface area contributed by atoms with Gasteiger partial charge in [0.1, 0.15) is 0 Å². The number of hydrogen-bond donors (Lipinski definition) is 1. The summed E-state index contributed by atoms with van der Waals surface area (Å²) in [5.74, 6) is 0. The Kier molecular flexibility index (Phi) is 5.97. The number of hydrogen-bond acceptors (Lipinski definition) is 2. The minimum Gasteiger partial charge on any atom is -0.364 e. The van der Waals surface area contributed by atoms with Gasteiger partial charge in [-0.3, -0.25) is 0 Å². The Hall–Kier alpha value is -1.64. The summed E-state index contributed by atoms with van der Waals surface area (Å²) in [7, 11) is 0. The molecule has 0 radical (unpaired) electrons. The fraction of sp³-hybridized carbons (Fsp3) is 0.368. The normalized spacial score (nSPS) is 12.3. The molecule has 2 nitrogen and oxygen atoms in total. The molecule has 0 bridgehead atoms. The molecule has 2 heteroatoms. The lowest BCUT2D eigenvalue weighted by Gasteiger charge is -2.13. The molecule has 0 aliphatic carbocycles. The van der Waals surface area contributed by atoms with Gasteiger partial charge < -0.3 is 9.84 Å². The first-order chi connectivity index (χ1) is 10.2. The molecule has 1 atom stereocenters. The number of aliphatic hydroxyl groups is 1. The molecule has 1 N–H and O–H groups in total. The number of rotatable bonds is 7. The van der Waals surface area contributed by atoms with Gasteiger partial charge in [0.25, 0.3) is 0 Å². The molecule has 2 aromatic carbocycles. The maximum atomic E-state index is 10.1. The first-order valence-electron chi connectivity index (χ1n) is 7.69. The van der Waals surface area contributed by atoms with Gasteiger partial charge in [0.05, 0.1) is 6.61 Å². The Balaban J connectivity index is 1.88. The second-order valence-electron chi connectivity index (χ2n) is 5.32. The van der Waals surface area contributed by atoms with Gasteiger partial charge in [-0.2, -0.15) is 0 Å². The van der Waals surface area contributed by atoms with Crippen LogP contribution in [0.5, 0.6) is 0 Å². The van der Waals surface area contributed by atoms with Crippen molar-refractivity contribution in [3.63, 3.8) is 0 Å². The first-order valence-corrected chi connectivity index (χ1v) is 7.69. The van der Waals surface area contributed by atoms with Crippen LogP contribution in [0.3, 0.4) is 0 Å². The Morgan fingerprint density at radius 3 is 2.00 bits per heavy atom. The van der Waals surface area contributed by atoms with Crippen molar-refractivity contribution in [2.45, 2.75) is 46.0 Å². The largest absolute Gasteiger partial charge is 0.364 e. The average molecular weight is 284 g/mol. The van der Waals surface area contributed by atoms with E-state index < -0.39 is 6.29 Å². The number of ether oxygens (including phenoxy) is 1. The van der Waals surface area contributed by atoms with Gasteiger partial charge in [0.2, 0.25) is 0 Å². The maximum absolute atomic E-state index is 10.1. The van der Waals surface area contributed by atoms with Gasteiger partial charge in [-0.25, -0.2) is 0 Å². The van der Waals surface area contributed by atoms with E-state index in [1.807, 2.05) is 24.3 Å². The molecule has 0 aliphatic rings. The number of aliphatic hydroxyl groups excluding tert-OH is 1. The van der Waals surface area contributed by atoms with Gasteiger partial charge in [-0.15, -0.1) is 0 Å². The van der Waals surface area contributed by atoms with Gasteiger partial charge in [0, 0.05) is 5.56 Å². The molecule has 0 saturated heterocycles. The lowest BCUT2D eigenvalue weighted by Crippen LogP contribution is -2.03. The molecular weight excluding hydrogens is 260 g/mol. The Morgan fingerprint density at radius 2 is 1.43 bits per heavy atom. The maximum Gasteiger partial charge on any atom is 0.181 e. The zero-order valence-corrected chi connectivity index (χ0v) is 12.9. The van der Waals surface area contributed by atoms with E-state index >= 15 is 0 Å². The predicted octanol–water partition coefficient (Wildman–Crippen LogP) is 4.41. The SMILES string of the molecule is CCCc1ccc(COC(O)c2ccc(CC)cc2)cc1. The van der Waals surface area contributed by atoms with Gasteiger partial charge in [0.15, 0.2) is 6.29 Å². The minimum atomic E-state index is -0.869. The lowest BCUT2D eigenvalue weighted by atomic mass is 10.1. The van der Waals surface area contributed by atoms with E-state index in [0.717, 1.165) is 30.4 Å². The molecule has 1 unspecified atom stereocenters. The summed E-state index contributed by atoms with van der Waals surface area (Å²) in [5, 5.41) is 10.1. The molecule has 0 aromatic heterocycles. The van der Waals surface area contributed by atoms with Crippen molar-refractivity contribution < 1.29 is 9.84 Å². The van der Waals surface area contributed by atoms with E-state index in [-0.39, 0.29) is 0 Å². The summed E-state index contributed by atoms with van der Waals surface area (Å²) < 4.78 is 5.54. The van der Waals surface area contributed by atoms with Gasteiger partial charge in [-0.05, 0) is 29.5 Å². The van der Waals surface area contributed by atoms with E-state index in [9.17, 15) is 5.11 Å². The second-order valence-corrected chi connectivity index (χ2v) is 5.32. The molecule has 112 valence electrons. The van der Waals surface area contributed by atoms with E-state index in [0.29, 0.717) is 6.61 Å². The van der Waals surface area contributed by atoms with Crippen LogP contribution in [-0.2, 0) is 24.2 Å². The zero-order valence-electron chi connectivity index (χ0n) is 12.9. The van der Waals surface area contributed by atoms with Gasteiger partial charge in [-0.1, -0.05) is 68.8 Å². The molecule has 2 aromatic rings. The van der Waals surface area contributed by atoms with Crippen LogP contribution in [0.25, 0.3) is 0 Å². The fourth-order valence-corrected chi connectivity index (χ4v) is 2.28. The highest BCUT2D eigenvalue weighted by Crippen LogP contribution is 2.17. The third-order valence-corrected chi connectivity index (χ3v) is 3.64. The minimum absolute atomic E-state index is 0.420. The van der Waals surface area contributed by atoms with Crippen LogP contribution in [0.4, 0.5) is 0 Å². The van der Waals surface area contributed by atoms with Crippen molar-refractivity contribution >= 4 is 0 Å². The average Bonchev–Trinajstić information content (AvgIpc) is 2.54. The number of benzene rings is 2. The molecular formula is C19H24O2. The van der Waals surface area contributed by atoms with Crippen molar-refractivity contribution in [3.05, 3.63) is 70.8 Å². The molecule has 21 heavy (non-hydrogen) atoms. The Morgan fingerprint density at radius 1 is 0.857 bits per heavy atom. The van der Waals surface area contributed by atoms with Crippen LogP contribution < -0.4 is 0 Å². The van der Waals surface area contributed by atoms with Crippen LogP contribution in [0.15, 0.2) is 48.5 Å². The summed E-state index contributed by atoms with van der Waals surface area (Å²) in [6.45, 7) is 4.71. The fourth-order valence-electron chi connectivity index (χ4n) is 2.28. The number of aryl methyl sites for hydroxylation is 2. The highest BCUT2D eigenvalue weighted by atomic mass is 16.6. The summed E-state index contributed by atoms with van der Waals surface area (Å²) >= 11 is 0. The Labute approximate surface area is 127 Å². The summed E-state index contributed by atoms with van der Waals surface area (Å²) in [4.78, 5) is 0. The van der Waals surface area contributed by atoms with Crippen molar-refractivity contribution in [2.24, 2.45) is 0 Å². The van der Waals surface area contributed by atoms with Crippen LogP contribution in [-0.4, -0.2) is 5.11 Å². The molecule has 0 spiro atoms. The summed E-state index contributed by atoms with van der Waals surface area (Å²) in [5.41, 5.74) is 4.49. The molecule has 0 fully saturated rings. The standard InChI is InChI=1S/C19H24O2/c1-3-5-16-6-8-17(9-7-16)14-21-19(20)18-12-10-15(4-2)11-13-18/h6-13,19-20H,3-5,14H2,1-2H3. The van der Waals surface area contributed by atoms with Gasteiger partial charge >= 0.3 is 0 Å². The highest BCUT2D eigenvalue weighted by molar-refractivity contribution is 5.24. The topological polar surface area (TPSA) is 29.5 Å². The summed E-state index contributed by atoms with van der Waals surface area (Å²) in [6, 6.07) is 16.3. The second kappa shape index (κ2) is 7.96. The van der Waals surface area contributed by atoms with Crippen molar-refractivity contribution in [3.8, 4) is 0 Å². The smallest absolute Gasteiger partial charge is 0.181 e. The summed E-state index contributed by atoms with van der Waals surface area (Å²) in [6.07, 6.45) is 2.39. The Bertz CT molecular complexity index is 528. The van der Waals surface area contributed by atoms with E-state index in [4.69, 9.17) is 4.74 Å². The van der Waals surface area contributed by atoms with Crippen molar-refractivity contribution in [1.29, 1.82) is 0 Å². The molecule has 0 saturated carbocycles. The molecule has 2 rings (SSSR count). The molecule has 0 aliphatic heterocycles. The third kappa shape index (κ3) is 4.69. The van der Waals surface area contributed by atoms with Crippen LogP contribution >= 0.6 is 0 Å². The van der Waals surface area contributed by atoms with E-state index in [1.165, 1.54) is 11.1 Å². The van der Waals surface area contributed by atoms with Crippen molar-refractivity contribution in [2.75, 3.05) is 0 Å².